The van der Waals surface area contributed by atoms with E-state index >= 15 is 0 Å². The normalized spacial score (nSPS) is 12.7. The van der Waals surface area contributed by atoms with E-state index in [0.29, 0.717) is 0 Å². The summed E-state index contributed by atoms with van der Waals surface area (Å²) in [5.41, 5.74) is 20.3. The number of para-hydroxylation sites is 2. The minimum absolute atomic E-state index is 0.520. The molecule has 12 aromatic carbocycles. The largest absolute Gasteiger partial charge is 0.456 e. The molecule has 0 saturated heterocycles. The second-order valence-corrected chi connectivity index (χ2v) is 19.5. The lowest BCUT2D eigenvalue weighted by molar-refractivity contribution is 0.669. The quantitative estimate of drug-likeness (QED) is 0.151. The van der Waals surface area contributed by atoms with Gasteiger partial charge in [-0.15, -0.1) is 0 Å². The van der Waals surface area contributed by atoms with Gasteiger partial charge in [0, 0.05) is 33.2 Å². The van der Waals surface area contributed by atoms with Crippen LogP contribution in [0.15, 0.2) is 283 Å². The maximum Gasteiger partial charge on any atom is 0.137 e. The fraction of sp³-hybridized carbons (Fsp3) is 0.0141. The van der Waals surface area contributed by atoms with Gasteiger partial charge in [0.05, 0.1) is 27.5 Å². The van der Waals surface area contributed by atoms with Gasteiger partial charge in [0.15, 0.2) is 0 Å². The molecule has 0 aliphatic heterocycles. The first kappa shape index (κ1) is 42.0. The van der Waals surface area contributed by atoms with Gasteiger partial charge in [0.25, 0.3) is 0 Å². The average molecular weight is 943 g/mol. The predicted molar refractivity (Wildman–Crippen MR) is 308 cm³/mol. The van der Waals surface area contributed by atoms with Gasteiger partial charge in [0.2, 0.25) is 0 Å². The maximum atomic E-state index is 6.38. The molecular weight excluding hydrogens is 897 g/mol. The van der Waals surface area contributed by atoms with Crippen LogP contribution < -0.4 is 4.90 Å². The van der Waals surface area contributed by atoms with Crippen molar-refractivity contribution in [3.8, 4) is 39.1 Å². The van der Waals surface area contributed by atoms with Crippen molar-refractivity contribution in [3.05, 3.63) is 301 Å². The number of hydrogen-bond donors (Lipinski definition) is 0. The molecule has 0 atom stereocenters. The van der Waals surface area contributed by atoms with Crippen molar-refractivity contribution < 1.29 is 4.42 Å². The molecule has 0 fully saturated rings. The number of hydrogen-bond acceptors (Lipinski definition) is 2. The Morgan fingerprint density at radius 2 is 0.892 bits per heavy atom. The lowest BCUT2D eigenvalue weighted by Crippen LogP contribution is -2.28. The third-order valence-corrected chi connectivity index (χ3v) is 15.7. The van der Waals surface area contributed by atoms with E-state index in [1.807, 2.05) is 6.07 Å². The van der Waals surface area contributed by atoms with Crippen molar-refractivity contribution >= 4 is 71.6 Å². The van der Waals surface area contributed by atoms with E-state index in [1.54, 1.807) is 0 Å². The van der Waals surface area contributed by atoms with Crippen molar-refractivity contribution in [3.63, 3.8) is 0 Å². The Kier molecular flexibility index (Phi) is 9.48. The lowest BCUT2D eigenvalue weighted by atomic mass is 9.67. The van der Waals surface area contributed by atoms with Gasteiger partial charge >= 0.3 is 0 Å². The molecule has 0 unspecified atom stereocenters. The van der Waals surface area contributed by atoms with Crippen molar-refractivity contribution in [2.75, 3.05) is 4.90 Å². The lowest BCUT2D eigenvalue weighted by Gasteiger charge is -2.35. The molecule has 2 heterocycles. The van der Waals surface area contributed by atoms with E-state index in [9.17, 15) is 0 Å². The van der Waals surface area contributed by atoms with Crippen molar-refractivity contribution in [1.29, 1.82) is 0 Å². The van der Waals surface area contributed by atoms with Crippen LogP contribution >= 0.6 is 0 Å². The van der Waals surface area contributed by atoms with Crippen LogP contribution in [0.25, 0.3) is 93.6 Å². The summed E-state index contributed by atoms with van der Waals surface area (Å²) in [6, 6.07) is 102. The number of benzene rings is 12. The summed E-state index contributed by atoms with van der Waals surface area (Å²) in [5, 5.41) is 7.07. The van der Waals surface area contributed by atoms with Crippen LogP contribution in [0.5, 0.6) is 0 Å². The standard InChI is InChI=1S/C71H46N2O/c1-3-20-51(21-4-1)71(52-22-5-2-6-23-52)63-29-14-11-26-58(63)59-42-41-55(46-64(59)71)72(54-40-34-47-18-7-8-19-49(47)44-54)53-38-35-48(36-39-53)56-24-9-10-25-57(56)50-37-43-66-62(45-50)60-27-12-15-30-65(60)73(66)67-31-17-33-69-70(67)61-28-13-16-32-68(61)74-69/h1-46H. The number of fused-ring (bicyclic) bond motifs is 10. The average Bonchev–Trinajstić information content (AvgIpc) is 4.13. The van der Waals surface area contributed by atoms with Gasteiger partial charge in [-0.1, -0.05) is 206 Å². The van der Waals surface area contributed by atoms with Crippen molar-refractivity contribution in [1.82, 2.24) is 4.57 Å². The zero-order chi connectivity index (χ0) is 48.7. The minimum Gasteiger partial charge on any atom is -0.456 e. The van der Waals surface area contributed by atoms with Crippen LogP contribution in [0, 0.1) is 0 Å². The van der Waals surface area contributed by atoms with Crippen molar-refractivity contribution in [2.24, 2.45) is 0 Å². The Balaban J connectivity index is 0.868. The smallest absolute Gasteiger partial charge is 0.137 e. The number of furan rings is 1. The highest BCUT2D eigenvalue weighted by atomic mass is 16.3. The molecule has 0 N–H and O–H groups in total. The molecule has 0 amide bonds. The summed E-state index contributed by atoms with van der Waals surface area (Å²) >= 11 is 0. The van der Waals surface area contributed by atoms with Crippen LogP contribution in [-0.4, -0.2) is 4.57 Å². The first-order valence-electron chi connectivity index (χ1n) is 25.5. The van der Waals surface area contributed by atoms with Gasteiger partial charge in [-0.3, -0.25) is 0 Å². The highest BCUT2D eigenvalue weighted by Gasteiger charge is 2.46. The summed E-state index contributed by atoms with van der Waals surface area (Å²) in [6.45, 7) is 0. The predicted octanol–water partition coefficient (Wildman–Crippen LogP) is 19.0. The second kappa shape index (κ2) is 16.7. The SMILES string of the molecule is c1ccc(C2(c3ccccc3)c3ccccc3-c3ccc(N(c4ccc(-c5ccccc5-c5ccc6c(c5)c5ccccc5n6-c5cccc6oc7ccccc7c56)cc4)c4ccc5ccccc5c4)cc32)cc1. The van der Waals surface area contributed by atoms with Crippen LogP contribution in [0.1, 0.15) is 22.3 Å². The van der Waals surface area contributed by atoms with Gasteiger partial charge in [0.1, 0.15) is 11.2 Å². The third-order valence-electron chi connectivity index (χ3n) is 15.7. The first-order valence-corrected chi connectivity index (χ1v) is 25.5. The van der Waals surface area contributed by atoms with Gasteiger partial charge < -0.3 is 13.9 Å². The minimum atomic E-state index is -0.520. The fourth-order valence-electron chi connectivity index (χ4n) is 12.5. The number of aromatic nitrogens is 1. The summed E-state index contributed by atoms with van der Waals surface area (Å²) in [7, 11) is 0. The van der Waals surface area contributed by atoms with E-state index < -0.39 is 5.41 Å². The van der Waals surface area contributed by atoms with E-state index in [-0.39, 0.29) is 0 Å². The topological polar surface area (TPSA) is 21.3 Å². The highest BCUT2D eigenvalue weighted by molar-refractivity contribution is 6.15. The maximum absolute atomic E-state index is 6.38. The molecule has 15 rings (SSSR count). The second-order valence-electron chi connectivity index (χ2n) is 19.5. The summed E-state index contributed by atoms with van der Waals surface area (Å²) in [6.07, 6.45) is 0. The Labute approximate surface area is 429 Å². The summed E-state index contributed by atoms with van der Waals surface area (Å²) in [5.74, 6) is 0. The Hall–Kier alpha value is -9.70. The molecule has 0 saturated carbocycles. The highest BCUT2D eigenvalue weighted by Crippen LogP contribution is 2.57. The molecule has 1 aliphatic carbocycles. The number of anilines is 3. The molecular formula is C71H46N2O. The van der Waals surface area contributed by atoms with Crippen LogP contribution in [0.4, 0.5) is 17.1 Å². The molecule has 74 heavy (non-hydrogen) atoms. The van der Waals surface area contributed by atoms with Gasteiger partial charge in [-0.25, -0.2) is 0 Å². The summed E-state index contributed by atoms with van der Waals surface area (Å²) in [4.78, 5) is 2.43. The molecule has 3 nitrogen and oxygen atoms in total. The first-order chi connectivity index (χ1) is 36.7. The van der Waals surface area contributed by atoms with Crippen LogP contribution in [0.3, 0.4) is 0 Å². The molecule has 1 aliphatic rings. The van der Waals surface area contributed by atoms with E-state index in [2.05, 4.69) is 282 Å². The monoisotopic (exact) mass is 942 g/mol. The molecule has 3 heteroatoms. The van der Waals surface area contributed by atoms with E-state index in [1.165, 1.54) is 71.6 Å². The van der Waals surface area contributed by atoms with Crippen LogP contribution in [-0.2, 0) is 5.41 Å². The molecule has 0 spiro atoms. The van der Waals surface area contributed by atoms with Crippen LogP contribution in [0.2, 0.25) is 0 Å². The van der Waals surface area contributed by atoms with Gasteiger partial charge in [-0.2, -0.15) is 0 Å². The fourth-order valence-corrected chi connectivity index (χ4v) is 12.5. The number of rotatable bonds is 8. The molecule has 346 valence electrons. The van der Waals surface area contributed by atoms with E-state index in [0.717, 1.165) is 61.3 Å². The number of nitrogens with zero attached hydrogens (tertiary/aromatic N) is 2. The molecule has 0 radical (unpaired) electrons. The molecule has 0 bridgehead atoms. The molecule has 2 aromatic heterocycles. The Morgan fingerprint density at radius 1 is 0.324 bits per heavy atom. The zero-order valence-corrected chi connectivity index (χ0v) is 40.4. The Morgan fingerprint density at radius 3 is 1.69 bits per heavy atom. The third kappa shape index (κ3) is 6.33. The zero-order valence-electron chi connectivity index (χ0n) is 40.4. The van der Waals surface area contributed by atoms with E-state index in [4.69, 9.17) is 4.42 Å². The summed E-state index contributed by atoms with van der Waals surface area (Å²) < 4.78 is 8.79. The molecule has 14 aromatic rings. The van der Waals surface area contributed by atoms with Crippen molar-refractivity contribution in [2.45, 2.75) is 5.41 Å². The van der Waals surface area contributed by atoms with Gasteiger partial charge in [-0.05, 0) is 139 Å². The Bertz CT molecular complexity index is 4450.